The van der Waals surface area contributed by atoms with Crippen LogP contribution in [0.3, 0.4) is 0 Å². The van der Waals surface area contributed by atoms with Crippen molar-refractivity contribution in [3.05, 3.63) is 0 Å². The molecule has 180 valence electrons. The predicted molar refractivity (Wildman–Crippen MR) is 158 cm³/mol. The fourth-order valence-corrected chi connectivity index (χ4v) is 4.93. The third kappa shape index (κ3) is 14.7. The molecule has 0 atom stereocenters. The van der Waals surface area contributed by atoms with E-state index in [0.717, 1.165) is 70.1 Å². The van der Waals surface area contributed by atoms with E-state index in [9.17, 15) is 0 Å². The van der Waals surface area contributed by atoms with Crippen molar-refractivity contribution < 1.29 is 33.8 Å². The second kappa shape index (κ2) is 18.1. The molecule has 0 unspecified atom stereocenters. The minimum Gasteiger partial charge on any atom is -0.184 e. The summed E-state index contributed by atoms with van der Waals surface area (Å²) < 4.78 is 9.73. The van der Waals surface area contributed by atoms with Gasteiger partial charge in [-0.15, -0.1) is 0 Å². The summed E-state index contributed by atoms with van der Waals surface area (Å²) in [5, 5.41) is 0. The van der Waals surface area contributed by atoms with Crippen molar-refractivity contribution in [1.29, 1.82) is 0 Å². The van der Waals surface area contributed by atoms with Crippen molar-refractivity contribution in [3.63, 3.8) is 0 Å². The van der Waals surface area contributed by atoms with Gasteiger partial charge in [-0.25, -0.2) is 0 Å². The molecule has 0 saturated carbocycles. The van der Waals surface area contributed by atoms with Gasteiger partial charge in [0.2, 0.25) is 0 Å². The van der Waals surface area contributed by atoms with Crippen molar-refractivity contribution in [3.8, 4) is 0 Å². The molecule has 3 aliphatic rings. The number of hydrogen-bond acceptors (Lipinski definition) is 0. The second-order valence-electron chi connectivity index (χ2n) is 8.98. The van der Waals surface area contributed by atoms with E-state index in [1.807, 2.05) is 0 Å². The Kier molecular flexibility index (Phi) is 19.1. The minimum absolute atomic E-state index is 0. The molecule has 0 amide bonds. The zero-order chi connectivity index (χ0) is 22.7. The summed E-state index contributed by atoms with van der Waals surface area (Å²) in [5.74, 6) is 2.70. The van der Waals surface area contributed by atoms with E-state index in [1.165, 1.54) is 38.5 Å². The van der Waals surface area contributed by atoms with Crippen LogP contribution in [0.1, 0.15) is 59.3 Å². The third-order valence-electron chi connectivity index (χ3n) is 6.25. The van der Waals surface area contributed by atoms with Crippen LogP contribution in [0, 0.1) is 17.8 Å². The Morgan fingerprint density at radius 2 is 0.677 bits per heavy atom. The summed E-state index contributed by atoms with van der Waals surface area (Å²) in [6, 6.07) is 0. The molecular formula is C21H45IrN3S6+9. The maximum Gasteiger partial charge on any atom is 3.00 e. The van der Waals surface area contributed by atoms with Crippen molar-refractivity contribution in [2.24, 2.45) is 17.8 Å². The number of nitrogens with zero attached hydrogens (tertiary/aromatic N) is 3. The van der Waals surface area contributed by atoms with Gasteiger partial charge in [0, 0.05) is 38.5 Å². The van der Waals surface area contributed by atoms with Crippen LogP contribution < -0.4 is 0 Å². The van der Waals surface area contributed by atoms with Crippen molar-refractivity contribution in [1.82, 2.24) is 0 Å². The van der Waals surface area contributed by atoms with Gasteiger partial charge < -0.3 is 0 Å². The molecule has 0 N–H and O–H groups in total. The van der Waals surface area contributed by atoms with Gasteiger partial charge in [-0.05, 0) is 55.6 Å². The molecule has 0 aromatic carbocycles. The van der Waals surface area contributed by atoms with Crippen LogP contribution in [0.4, 0.5) is 0 Å². The normalized spacial score (nSPS) is 25.8. The molecule has 31 heavy (non-hydrogen) atoms. The van der Waals surface area contributed by atoms with Gasteiger partial charge in [-0.2, -0.15) is 13.7 Å². The molecule has 3 saturated heterocycles. The van der Waals surface area contributed by atoms with Gasteiger partial charge in [0.15, 0.2) is 0 Å². The Balaban J connectivity index is 0.000000429. The van der Waals surface area contributed by atoms with Crippen LogP contribution in [0.15, 0.2) is 0 Å². The fourth-order valence-electron chi connectivity index (χ4n) is 3.66. The Hall–Kier alpha value is 1.76. The van der Waals surface area contributed by atoms with Crippen molar-refractivity contribution >= 4 is 88.9 Å². The van der Waals surface area contributed by atoms with E-state index in [2.05, 4.69) is 110 Å². The first kappa shape index (κ1) is 32.8. The van der Waals surface area contributed by atoms with Gasteiger partial charge in [-0.1, -0.05) is 20.8 Å². The molecule has 0 radical (unpaired) electrons. The molecule has 0 aliphatic carbocycles. The topological polar surface area (TPSA) is 9.03 Å². The molecule has 0 spiro atoms. The van der Waals surface area contributed by atoms with E-state index in [-0.39, 0.29) is 20.1 Å². The van der Waals surface area contributed by atoms with E-state index in [4.69, 9.17) is 0 Å². The van der Waals surface area contributed by atoms with E-state index < -0.39 is 0 Å². The molecule has 3 heterocycles. The average Bonchev–Trinajstić information content (AvgIpc) is 2.70. The molecule has 3 fully saturated rings. The monoisotopic (exact) mass is 724 g/mol. The van der Waals surface area contributed by atoms with Crippen LogP contribution in [-0.4, -0.2) is 66.1 Å². The second-order valence-corrected chi connectivity index (χ2v) is 12.9. The maximum atomic E-state index is 4.23. The van der Waals surface area contributed by atoms with Crippen molar-refractivity contribution in [2.45, 2.75) is 59.3 Å². The Morgan fingerprint density at radius 1 is 0.516 bits per heavy atom. The van der Waals surface area contributed by atoms with Gasteiger partial charge >= 0.3 is 33.2 Å². The zero-order valence-electron chi connectivity index (χ0n) is 19.2. The SMILES string of the molecule is CC1CC[N+](=C(S)[SH2+])CC1.CC1CC[N+](=C(S)[SH2+])CC1.CC1CC[N+](=C(S)[SH2+])CC1.[Ir+3]. The number of rotatable bonds is 0. The Bertz CT molecular complexity index is 511. The summed E-state index contributed by atoms with van der Waals surface area (Å²) in [6.45, 7) is 13.9. The minimum atomic E-state index is 0. The summed E-state index contributed by atoms with van der Waals surface area (Å²) in [5.41, 5.74) is 0. The predicted octanol–water partition coefficient (Wildman–Crippen LogP) is 2.18. The smallest absolute Gasteiger partial charge is 0.184 e. The molecular weight excluding hydrogens is 679 g/mol. The molecule has 3 aliphatic heterocycles. The maximum absolute atomic E-state index is 4.23. The van der Waals surface area contributed by atoms with Crippen LogP contribution >= 0.6 is 37.9 Å². The van der Waals surface area contributed by atoms with Gasteiger partial charge in [0.05, 0.1) is 37.9 Å². The third-order valence-corrected chi connectivity index (χ3v) is 8.05. The quantitative estimate of drug-likeness (QED) is 0.147. The summed E-state index contributed by atoms with van der Waals surface area (Å²) in [7, 11) is 0. The zero-order valence-corrected chi connectivity index (χ0v) is 27.3. The number of thiol groups is 3. The molecule has 0 aromatic heterocycles. The summed E-state index contributed by atoms with van der Waals surface area (Å²) in [4.78, 5) is 0. The summed E-state index contributed by atoms with van der Waals surface area (Å²) >= 11 is 22.9. The van der Waals surface area contributed by atoms with Gasteiger partial charge in [0.1, 0.15) is 39.3 Å². The molecule has 10 heteroatoms. The van der Waals surface area contributed by atoms with Crippen LogP contribution in [-0.2, 0) is 58.0 Å². The molecule has 0 aromatic rings. The summed E-state index contributed by atoms with van der Waals surface area (Å²) in [6.07, 6.45) is 7.80. The standard InChI is InChI=1S/3C7H13NS2.Ir/c3*1-6-2-4-8(5-3-6)7(9)10;/h3*6H,2-5H2,1H3,(H,9,10);/q;;;+3/p+6. The van der Waals surface area contributed by atoms with Crippen LogP contribution in [0.5, 0.6) is 0 Å². The van der Waals surface area contributed by atoms with Gasteiger partial charge in [0.25, 0.3) is 0 Å². The molecule has 0 bridgehead atoms. The Labute approximate surface area is 237 Å². The number of hydrogen-bond donors (Lipinski definition) is 3. The first-order chi connectivity index (χ1) is 14.1. The van der Waals surface area contributed by atoms with Gasteiger partial charge in [-0.3, -0.25) is 0 Å². The van der Waals surface area contributed by atoms with Crippen LogP contribution in [0.25, 0.3) is 0 Å². The fraction of sp³-hybridized carbons (Fsp3) is 0.857. The average molecular weight is 724 g/mol. The van der Waals surface area contributed by atoms with Crippen LogP contribution in [0.2, 0.25) is 0 Å². The van der Waals surface area contributed by atoms with Crippen molar-refractivity contribution in [2.75, 3.05) is 39.3 Å². The first-order valence-corrected chi connectivity index (χ1v) is 14.0. The first-order valence-electron chi connectivity index (χ1n) is 11.2. The number of piperidine rings is 3. The van der Waals surface area contributed by atoms with E-state index >= 15 is 0 Å². The molecule has 3 rings (SSSR count). The largest absolute Gasteiger partial charge is 3.00 e. The van der Waals surface area contributed by atoms with E-state index in [1.54, 1.807) is 0 Å². The van der Waals surface area contributed by atoms with E-state index in [0.29, 0.717) is 0 Å². The molecule has 3 nitrogen and oxygen atoms in total. The Morgan fingerprint density at radius 3 is 0.806 bits per heavy atom.